The van der Waals surface area contributed by atoms with E-state index >= 15 is 0 Å². The normalized spacial score (nSPS) is 10.6. The number of hydrogen-bond acceptors (Lipinski definition) is 3. The van der Waals surface area contributed by atoms with Gasteiger partial charge in [-0.1, -0.05) is 47.5 Å². The van der Waals surface area contributed by atoms with Crippen molar-refractivity contribution in [2.75, 3.05) is 0 Å². The minimum Gasteiger partial charge on any atom is -0.347 e. The molecule has 122 valence electrons. The second kappa shape index (κ2) is 6.97. The second-order valence-corrected chi connectivity index (χ2v) is 7.04. The third-order valence-corrected chi connectivity index (χ3v) is 5.01. The highest BCUT2D eigenvalue weighted by Crippen LogP contribution is 2.27. The summed E-state index contributed by atoms with van der Waals surface area (Å²) < 4.78 is 0. The minimum absolute atomic E-state index is 0.0455. The topological polar surface area (TPSA) is 42.0 Å². The Morgan fingerprint density at radius 2 is 1.71 bits per heavy atom. The molecule has 1 heterocycles. The quantitative estimate of drug-likeness (QED) is 0.752. The van der Waals surface area contributed by atoms with E-state index in [4.69, 9.17) is 0 Å². The number of amides is 1. The van der Waals surface area contributed by atoms with Gasteiger partial charge in [-0.05, 0) is 32.9 Å². The van der Waals surface area contributed by atoms with Gasteiger partial charge >= 0.3 is 0 Å². The van der Waals surface area contributed by atoms with Crippen molar-refractivity contribution in [1.29, 1.82) is 0 Å². The third-order valence-electron chi connectivity index (χ3n) is 3.81. The van der Waals surface area contributed by atoms with Gasteiger partial charge in [0, 0.05) is 16.0 Å². The molecule has 0 saturated carbocycles. The van der Waals surface area contributed by atoms with E-state index in [9.17, 15) is 4.79 Å². The summed E-state index contributed by atoms with van der Waals surface area (Å²) in [5, 5.41) is 4.00. The maximum absolute atomic E-state index is 12.4. The van der Waals surface area contributed by atoms with Gasteiger partial charge in [0.2, 0.25) is 0 Å². The summed E-state index contributed by atoms with van der Waals surface area (Å²) in [7, 11) is 0. The smallest absolute Gasteiger partial charge is 0.251 e. The zero-order valence-corrected chi connectivity index (χ0v) is 14.9. The van der Waals surface area contributed by atoms with Gasteiger partial charge in [0.05, 0.1) is 12.2 Å². The Hall–Kier alpha value is -2.46. The fourth-order valence-corrected chi connectivity index (χ4v) is 3.67. The molecule has 1 aromatic heterocycles. The van der Waals surface area contributed by atoms with Crippen LogP contribution in [0.2, 0.25) is 0 Å². The van der Waals surface area contributed by atoms with Crippen LogP contribution in [-0.2, 0) is 6.54 Å². The van der Waals surface area contributed by atoms with Crippen molar-refractivity contribution in [2.24, 2.45) is 0 Å². The molecule has 0 aliphatic heterocycles. The molecule has 24 heavy (non-hydrogen) atoms. The van der Waals surface area contributed by atoms with E-state index < -0.39 is 0 Å². The molecule has 0 aliphatic rings. The number of nitrogens with one attached hydrogen (secondary N) is 1. The van der Waals surface area contributed by atoms with Crippen molar-refractivity contribution >= 4 is 17.2 Å². The lowest BCUT2D eigenvalue weighted by Gasteiger charge is -2.06. The Balaban J connectivity index is 1.73. The molecule has 0 unspecified atom stereocenters. The van der Waals surface area contributed by atoms with E-state index in [-0.39, 0.29) is 5.91 Å². The van der Waals surface area contributed by atoms with Gasteiger partial charge in [-0.2, -0.15) is 0 Å². The number of carbonyl (C=O) groups is 1. The maximum atomic E-state index is 12.4. The van der Waals surface area contributed by atoms with Crippen LogP contribution in [0.15, 0.2) is 48.5 Å². The molecule has 1 amide bonds. The molecule has 0 bridgehead atoms. The molecule has 4 heteroatoms. The fourth-order valence-electron chi connectivity index (χ4n) is 2.66. The summed E-state index contributed by atoms with van der Waals surface area (Å²) in [6, 6.07) is 16.0. The first kappa shape index (κ1) is 16.4. The standard InChI is InChI=1S/C20H20N2OS/c1-13-9-14(2)11-17(10-13)19(23)21-12-18-15(3)22-20(24-18)16-7-5-4-6-8-16/h4-11H,12H2,1-3H3,(H,21,23). The van der Waals surface area contributed by atoms with E-state index in [0.29, 0.717) is 12.1 Å². The second-order valence-electron chi connectivity index (χ2n) is 5.95. The van der Waals surface area contributed by atoms with E-state index in [0.717, 1.165) is 32.3 Å². The molecule has 0 spiro atoms. The van der Waals surface area contributed by atoms with Gasteiger partial charge in [-0.3, -0.25) is 4.79 Å². The Labute approximate surface area is 146 Å². The molecule has 2 aromatic carbocycles. The van der Waals surface area contributed by atoms with Crippen LogP contribution in [0.4, 0.5) is 0 Å². The number of rotatable bonds is 4. The number of carbonyl (C=O) groups excluding carboxylic acids is 1. The molecule has 1 N–H and O–H groups in total. The van der Waals surface area contributed by atoms with Crippen molar-refractivity contribution in [3.8, 4) is 10.6 Å². The first-order valence-corrected chi connectivity index (χ1v) is 8.73. The SMILES string of the molecule is Cc1cc(C)cc(C(=O)NCc2sc(-c3ccccc3)nc2C)c1. The molecule has 0 radical (unpaired) electrons. The first-order valence-electron chi connectivity index (χ1n) is 7.91. The van der Waals surface area contributed by atoms with Crippen molar-refractivity contribution in [1.82, 2.24) is 10.3 Å². The molecule has 0 aliphatic carbocycles. The largest absolute Gasteiger partial charge is 0.347 e. The van der Waals surface area contributed by atoms with E-state index in [1.807, 2.05) is 51.1 Å². The number of nitrogens with zero attached hydrogens (tertiary/aromatic N) is 1. The highest BCUT2D eigenvalue weighted by atomic mass is 32.1. The lowest BCUT2D eigenvalue weighted by atomic mass is 10.1. The van der Waals surface area contributed by atoms with E-state index in [2.05, 4.69) is 28.5 Å². The molecular formula is C20H20N2OS. The van der Waals surface area contributed by atoms with Crippen LogP contribution in [0.5, 0.6) is 0 Å². The lowest BCUT2D eigenvalue weighted by molar-refractivity contribution is 0.0951. The van der Waals surface area contributed by atoms with Crippen molar-refractivity contribution < 1.29 is 4.79 Å². The summed E-state index contributed by atoms with van der Waals surface area (Å²) >= 11 is 1.63. The number of hydrogen-bond donors (Lipinski definition) is 1. The molecule has 3 aromatic rings. The lowest BCUT2D eigenvalue weighted by Crippen LogP contribution is -2.22. The predicted octanol–water partition coefficient (Wildman–Crippen LogP) is 4.67. The molecule has 0 atom stereocenters. The molecule has 3 nitrogen and oxygen atoms in total. The minimum atomic E-state index is -0.0455. The summed E-state index contributed by atoms with van der Waals surface area (Å²) in [4.78, 5) is 18.1. The van der Waals surface area contributed by atoms with Crippen molar-refractivity contribution in [2.45, 2.75) is 27.3 Å². The number of aromatic nitrogens is 1. The number of benzene rings is 2. The van der Waals surface area contributed by atoms with Crippen LogP contribution in [-0.4, -0.2) is 10.9 Å². The van der Waals surface area contributed by atoms with E-state index in [1.54, 1.807) is 11.3 Å². The highest BCUT2D eigenvalue weighted by molar-refractivity contribution is 7.15. The van der Waals surface area contributed by atoms with Gasteiger partial charge in [0.15, 0.2) is 0 Å². The van der Waals surface area contributed by atoms with Crippen LogP contribution in [0, 0.1) is 20.8 Å². The summed E-state index contributed by atoms with van der Waals surface area (Å²) in [6.45, 7) is 6.50. The van der Waals surface area contributed by atoms with Crippen LogP contribution in [0.3, 0.4) is 0 Å². The average Bonchev–Trinajstić information content (AvgIpc) is 2.93. The third kappa shape index (κ3) is 3.71. The van der Waals surface area contributed by atoms with Gasteiger partial charge < -0.3 is 5.32 Å². The highest BCUT2D eigenvalue weighted by Gasteiger charge is 2.12. The molecule has 0 saturated heterocycles. The van der Waals surface area contributed by atoms with Crippen LogP contribution >= 0.6 is 11.3 Å². The van der Waals surface area contributed by atoms with Gasteiger partial charge in [0.25, 0.3) is 5.91 Å². The van der Waals surface area contributed by atoms with Crippen LogP contribution in [0.25, 0.3) is 10.6 Å². The maximum Gasteiger partial charge on any atom is 0.251 e. The van der Waals surface area contributed by atoms with E-state index in [1.165, 1.54) is 0 Å². The number of thiazole rings is 1. The summed E-state index contributed by atoms with van der Waals surface area (Å²) in [5.41, 5.74) is 4.98. The van der Waals surface area contributed by atoms with Gasteiger partial charge in [-0.25, -0.2) is 4.98 Å². The monoisotopic (exact) mass is 336 g/mol. The Bertz CT molecular complexity index is 848. The zero-order valence-electron chi connectivity index (χ0n) is 14.1. The Morgan fingerprint density at radius 3 is 2.38 bits per heavy atom. The van der Waals surface area contributed by atoms with Gasteiger partial charge in [-0.15, -0.1) is 11.3 Å². The summed E-state index contributed by atoms with van der Waals surface area (Å²) in [5.74, 6) is -0.0455. The van der Waals surface area contributed by atoms with Crippen LogP contribution in [0.1, 0.15) is 32.1 Å². The molecule has 0 fully saturated rings. The predicted molar refractivity (Wildman–Crippen MR) is 99.4 cm³/mol. The summed E-state index contributed by atoms with van der Waals surface area (Å²) in [6.07, 6.45) is 0. The Kier molecular flexibility index (Phi) is 4.76. The fraction of sp³-hybridized carbons (Fsp3) is 0.200. The van der Waals surface area contributed by atoms with Crippen LogP contribution < -0.4 is 5.32 Å². The first-order chi connectivity index (χ1) is 11.5. The van der Waals surface area contributed by atoms with Crippen molar-refractivity contribution in [3.63, 3.8) is 0 Å². The zero-order chi connectivity index (χ0) is 17.1. The number of aryl methyl sites for hydroxylation is 3. The molecular weight excluding hydrogens is 316 g/mol. The van der Waals surface area contributed by atoms with Crippen molar-refractivity contribution in [3.05, 3.63) is 75.8 Å². The Morgan fingerprint density at radius 1 is 1.04 bits per heavy atom. The average molecular weight is 336 g/mol. The van der Waals surface area contributed by atoms with Gasteiger partial charge in [0.1, 0.15) is 5.01 Å². The molecule has 3 rings (SSSR count).